The largest absolute Gasteiger partial charge is 0.365 e. The van der Waals surface area contributed by atoms with E-state index in [0.717, 1.165) is 37.3 Å². The fraction of sp³-hybridized carbons (Fsp3) is 0.625. The predicted molar refractivity (Wildman–Crippen MR) is 83.4 cm³/mol. The summed E-state index contributed by atoms with van der Waals surface area (Å²) in [6.45, 7) is 3.71. The van der Waals surface area contributed by atoms with E-state index in [1.54, 1.807) is 0 Å². The van der Waals surface area contributed by atoms with E-state index in [0.29, 0.717) is 24.1 Å². The number of hydrogen-bond acceptors (Lipinski definition) is 4. The van der Waals surface area contributed by atoms with Gasteiger partial charge in [0.1, 0.15) is 5.82 Å². The molecule has 0 spiro atoms. The van der Waals surface area contributed by atoms with Crippen molar-refractivity contribution in [2.24, 2.45) is 17.4 Å². The van der Waals surface area contributed by atoms with Gasteiger partial charge in [-0.15, -0.1) is 0 Å². The number of carbonyl (C=O) groups excluding carboxylic acids is 1. The first-order chi connectivity index (χ1) is 10.1. The maximum absolute atomic E-state index is 11.9. The van der Waals surface area contributed by atoms with Crippen LogP contribution in [0.15, 0.2) is 6.07 Å². The molecule has 5 heteroatoms. The molecular weight excluding hydrogens is 264 g/mol. The molecule has 2 heterocycles. The molecule has 0 saturated carbocycles. The number of nitrogens with zero attached hydrogens (tertiary/aromatic N) is 2. The number of carbonyl (C=O) groups is 1. The smallest absolute Gasteiger partial charge is 0.252 e. The molecule has 2 unspecified atom stereocenters. The highest BCUT2D eigenvalue weighted by atomic mass is 16.1. The van der Waals surface area contributed by atoms with Crippen molar-refractivity contribution in [1.82, 2.24) is 4.98 Å². The summed E-state index contributed by atoms with van der Waals surface area (Å²) < 4.78 is 0. The molecular formula is C16H24N4O. The molecule has 114 valence electrons. The standard InChI is InChI=1S/C16H24N4O/c1-10-6-11(8-17)9-20(10)16-13(15(18)21)7-12-4-2-3-5-14(12)19-16/h7,10-11H,2-6,8-9,17H2,1H3,(H2,18,21). The van der Waals surface area contributed by atoms with Crippen molar-refractivity contribution in [3.05, 3.63) is 22.9 Å². The highest BCUT2D eigenvalue weighted by Crippen LogP contribution is 2.32. The van der Waals surface area contributed by atoms with Gasteiger partial charge in [-0.3, -0.25) is 4.79 Å². The zero-order valence-corrected chi connectivity index (χ0v) is 12.6. The molecule has 3 rings (SSSR count). The number of aromatic nitrogens is 1. The Kier molecular flexibility index (Phi) is 3.85. The second-order valence-corrected chi connectivity index (χ2v) is 6.38. The quantitative estimate of drug-likeness (QED) is 0.876. The number of rotatable bonds is 3. The molecule has 1 fully saturated rings. The molecule has 1 aliphatic heterocycles. The van der Waals surface area contributed by atoms with Crippen LogP contribution >= 0.6 is 0 Å². The Morgan fingerprint density at radius 2 is 2.19 bits per heavy atom. The number of amides is 1. The first-order valence-electron chi connectivity index (χ1n) is 7.89. The minimum atomic E-state index is -0.380. The van der Waals surface area contributed by atoms with Gasteiger partial charge >= 0.3 is 0 Å². The molecule has 21 heavy (non-hydrogen) atoms. The molecule has 5 nitrogen and oxygen atoms in total. The average molecular weight is 288 g/mol. The summed E-state index contributed by atoms with van der Waals surface area (Å²) >= 11 is 0. The van der Waals surface area contributed by atoms with Crippen LogP contribution in [0.3, 0.4) is 0 Å². The molecule has 0 bridgehead atoms. The van der Waals surface area contributed by atoms with Gasteiger partial charge in [0, 0.05) is 18.3 Å². The Bertz CT molecular complexity index is 557. The Hall–Kier alpha value is -1.62. The van der Waals surface area contributed by atoms with Crippen LogP contribution in [0, 0.1) is 5.92 Å². The van der Waals surface area contributed by atoms with Gasteiger partial charge in [0.15, 0.2) is 0 Å². The van der Waals surface area contributed by atoms with E-state index >= 15 is 0 Å². The van der Waals surface area contributed by atoms with E-state index in [1.165, 1.54) is 18.4 Å². The lowest BCUT2D eigenvalue weighted by molar-refractivity contribution is 0.100. The van der Waals surface area contributed by atoms with E-state index in [4.69, 9.17) is 16.5 Å². The van der Waals surface area contributed by atoms with Crippen molar-refractivity contribution in [2.45, 2.75) is 45.1 Å². The molecule has 1 aliphatic carbocycles. The van der Waals surface area contributed by atoms with Crippen LogP contribution in [-0.4, -0.2) is 30.0 Å². The maximum atomic E-state index is 11.9. The van der Waals surface area contributed by atoms with Gasteiger partial charge in [-0.25, -0.2) is 4.98 Å². The minimum absolute atomic E-state index is 0.353. The summed E-state index contributed by atoms with van der Waals surface area (Å²) in [4.78, 5) is 18.9. The van der Waals surface area contributed by atoms with Crippen LogP contribution in [0.4, 0.5) is 5.82 Å². The van der Waals surface area contributed by atoms with Crippen molar-refractivity contribution in [3.8, 4) is 0 Å². The summed E-state index contributed by atoms with van der Waals surface area (Å²) in [5.41, 5.74) is 14.3. The van der Waals surface area contributed by atoms with Crippen molar-refractivity contribution in [1.29, 1.82) is 0 Å². The normalized spacial score (nSPS) is 25.0. The molecule has 2 atom stereocenters. The van der Waals surface area contributed by atoms with E-state index in [-0.39, 0.29) is 5.91 Å². The van der Waals surface area contributed by atoms with Gasteiger partial charge in [-0.1, -0.05) is 0 Å². The fourth-order valence-electron chi connectivity index (χ4n) is 3.63. The van der Waals surface area contributed by atoms with E-state index in [9.17, 15) is 4.79 Å². The second kappa shape index (κ2) is 5.64. The van der Waals surface area contributed by atoms with Crippen LogP contribution < -0.4 is 16.4 Å². The number of anilines is 1. The third-order valence-electron chi connectivity index (χ3n) is 4.81. The number of hydrogen-bond donors (Lipinski definition) is 2. The molecule has 1 aromatic heterocycles. The highest BCUT2D eigenvalue weighted by molar-refractivity contribution is 5.98. The first-order valence-corrected chi connectivity index (χ1v) is 7.89. The van der Waals surface area contributed by atoms with Crippen LogP contribution in [0.25, 0.3) is 0 Å². The van der Waals surface area contributed by atoms with Crippen molar-refractivity contribution < 1.29 is 4.79 Å². The monoisotopic (exact) mass is 288 g/mol. The van der Waals surface area contributed by atoms with Gasteiger partial charge in [0.2, 0.25) is 0 Å². The number of aryl methyl sites for hydroxylation is 2. The van der Waals surface area contributed by atoms with Crippen LogP contribution in [-0.2, 0) is 12.8 Å². The Labute approximate surface area is 125 Å². The summed E-state index contributed by atoms with van der Waals surface area (Å²) in [6.07, 6.45) is 5.40. The lowest BCUT2D eigenvalue weighted by Gasteiger charge is -2.27. The van der Waals surface area contributed by atoms with Crippen molar-refractivity contribution >= 4 is 11.7 Å². The lowest BCUT2D eigenvalue weighted by Crippen LogP contribution is -2.32. The van der Waals surface area contributed by atoms with Crippen molar-refractivity contribution in [3.63, 3.8) is 0 Å². The van der Waals surface area contributed by atoms with Gasteiger partial charge < -0.3 is 16.4 Å². The van der Waals surface area contributed by atoms with Crippen LogP contribution in [0.2, 0.25) is 0 Å². The zero-order chi connectivity index (χ0) is 15.0. The molecule has 4 N–H and O–H groups in total. The molecule has 0 aromatic carbocycles. The van der Waals surface area contributed by atoms with E-state index in [2.05, 4.69) is 11.8 Å². The van der Waals surface area contributed by atoms with E-state index in [1.807, 2.05) is 6.07 Å². The van der Waals surface area contributed by atoms with Crippen LogP contribution in [0.5, 0.6) is 0 Å². The summed E-state index contributed by atoms with van der Waals surface area (Å²) in [5.74, 6) is 0.861. The highest BCUT2D eigenvalue weighted by Gasteiger charge is 2.32. The molecule has 1 aromatic rings. The Morgan fingerprint density at radius 3 is 2.86 bits per heavy atom. The van der Waals surface area contributed by atoms with Crippen LogP contribution in [0.1, 0.15) is 47.8 Å². The Morgan fingerprint density at radius 1 is 1.43 bits per heavy atom. The first kappa shape index (κ1) is 14.3. The molecule has 0 radical (unpaired) electrons. The zero-order valence-electron chi connectivity index (χ0n) is 12.6. The molecule has 1 saturated heterocycles. The molecule has 2 aliphatic rings. The number of primary amides is 1. The number of fused-ring (bicyclic) bond motifs is 1. The lowest BCUT2D eigenvalue weighted by atomic mass is 9.94. The maximum Gasteiger partial charge on any atom is 0.252 e. The minimum Gasteiger partial charge on any atom is -0.365 e. The van der Waals surface area contributed by atoms with E-state index < -0.39 is 0 Å². The summed E-state index contributed by atoms with van der Waals surface area (Å²) in [6, 6.07) is 2.33. The van der Waals surface area contributed by atoms with Crippen molar-refractivity contribution in [2.75, 3.05) is 18.0 Å². The number of nitrogens with two attached hydrogens (primary N) is 2. The second-order valence-electron chi connectivity index (χ2n) is 6.38. The van der Waals surface area contributed by atoms with Gasteiger partial charge in [-0.2, -0.15) is 0 Å². The summed E-state index contributed by atoms with van der Waals surface area (Å²) in [5, 5.41) is 0. The number of pyridine rings is 1. The SMILES string of the molecule is CC1CC(CN)CN1c1nc2c(cc1C(N)=O)CCCC2. The fourth-order valence-corrected chi connectivity index (χ4v) is 3.63. The summed E-state index contributed by atoms with van der Waals surface area (Å²) in [7, 11) is 0. The topological polar surface area (TPSA) is 85.2 Å². The molecule has 1 amide bonds. The Balaban J connectivity index is 2.02. The predicted octanol–water partition coefficient (Wildman–Crippen LogP) is 1.23. The average Bonchev–Trinajstić information content (AvgIpc) is 2.87. The van der Waals surface area contributed by atoms with Gasteiger partial charge in [-0.05, 0) is 63.1 Å². The third kappa shape index (κ3) is 2.62. The van der Waals surface area contributed by atoms with Gasteiger partial charge in [0.25, 0.3) is 5.91 Å². The third-order valence-corrected chi connectivity index (χ3v) is 4.81. The van der Waals surface area contributed by atoms with Gasteiger partial charge in [0.05, 0.1) is 5.56 Å².